The predicted octanol–water partition coefficient (Wildman–Crippen LogP) is 5.10. The maximum Gasteiger partial charge on any atom is 0.308 e. The number of furan rings is 1. The van der Waals surface area contributed by atoms with Crippen LogP contribution in [0.1, 0.15) is 41.4 Å². The number of benzene rings is 1. The molecule has 160 valence electrons. The van der Waals surface area contributed by atoms with Gasteiger partial charge in [0, 0.05) is 10.9 Å². The summed E-state index contributed by atoms with van der Waals surface area (Å²) in [7, 11) is 0. The van der Waals surface area contributed by atoms with Crippen LogP contribution in [-0.4, -0.2) is 15.7 Å². The second kappa shape index (κ2) is 7.41. The first-order chi connectivity index (χ1) is 15.1. The van der Waals surface area contributed by atoms with Gasteiger partial charge in [-0.2, -0.15) is 0 Å². The van der Waals surface area contributed by atoms with Crippen LogP contribution in [0.4, 0.5) is 5.69 Å². The van der Waals surface area contributed by atoms with Gasteiger partial charge < -0.3 is 9.73 Å². The van der Waals surface area contributed by atoms with Gasteiger partial charge in [0.2, 0.25) is 5.91 Å². The number of hydrogen-bond donors (Lipinski definition) is 1. The zero-order valence-corrected chi connectivity index (χ0v) is 18.9. The van der Waals surface area contributed by atoms with E-state index in [4.69, 9.17) is 4.42 Å². The molecule has 5 atom stereocenters. The second-order valence-electron chi connectivity index (χ2n) is 9.02. The molecule has 2 bridgehead atoms. The van der Waals surface area contributed by atoms with Crippen molar-refractivity contribution in [2.45, 2.75) is 48.9 Å². The SMILES string of the molecule is Cc1ccc(NC(=O)Cn2c3c(sc2=O)[C@@H](c2ccco2)[C@@H]2[C@H]4CC[C@@H](C4)[C@H]2S3)cc1. The Hall–Kier alpha value is -2.25. The number of rotatable bonds is 4. The Balaban J connectivity index is 1.34. The van der Waals surface area contributed by atoms with Crippen LogP contribution >= 0.6 is 23.1 Å². The lowest BCUT2D eigenvalue weighted by Crippen LogP contribution is -2.34. The molecule has 2 saturated carbocycles. The van der Waals surface area contributed by atoms with Crippen molar-refractivity contribution in [3.05, 3.63) is 68.5 Å². The summed E-state index contributed by atoms with van der Waals surface area (Å²) in [6.07, 6.45) is 5.58. The van der Waals surface area contributed by atoms with Crippen LogP contribution < -0.4 is 10.2 Å². The number of anilines is 1. The molecule has 1 aliphatic heterocycles. The summed E-state index contributed by atoms with van der Waals surface area (Å²) in [6, 6.07) is 11.7. The van der Waals surface area contributed by atoms with Crippen LogP contribution in [0.2, 0.25) is 0 Å². The molecular weight excluding hydrogens is 428 g/mol. The minimum atomic E-state index is -0.170. The van der Waals surface area contributed by atoms with E-state index in [0.717, 1.165) is 26.9 Å². The van der Waals surface area contributed by atoms with Crippen molar-refractivity contribution in [3.63, 3.8) is 0 Å². The molecule has 0 radical (unpaired) electrons. The van der Waals surface area contributed by atoms with Crippen molar-refractivity contribution >= 4 is 34.7 Å². The van der Waals surface area contributed by atoms with Crippen LogP contribution in [0.25, 0.3) is 0 Å². The molecule has 0 spiro atoms. The van der Waals surface area contributed by atoms with Gasteiger partial charge in [0.1, 0.15) is 12.3 Å². The Kier molecular flexibility index (Phi) is 4.65. The lowest BCUT2D eigenvalue weighted by atomic mass is 9.77. The van der Waals surface area contributed by atoms with E-state index in [9.17, 15) is 9.59 Å². The summed E-state index contributed by atoms with van der Waals surface area (Å²) >= 11 is 3.14. The average Bonchev–Trinajstić information content (AvgIpc) is 3.54. The summed E-state index contributed by atoms with van der Waals surface area (Å²) in [5, 5.41) is 4.41. The van der Waals surface area contributed by atoms with E-state index in [-0.39, 0.29) is 23.2 Å². The number of thiazole rings is 1. The molecular formula is C24H24N2O3S2. The minimum absolute atomic E-state index is 0.0436. The van der Waals surface area contributed by atoms with E-state index in [1.54, 1.807) is 10.8 Å². The minimum Gasteiger partial charge on any atom is -0.469 e. The average molecular weight is 453 g/mol. The Labute approximate surface area is 188 Å². The van der Waals surface area contributed by atoms with Crippen LogP contribution in [0.3, 0.4) is 0 Å². The first-order valence-corrected chi connectivity index (χ1v) is 12.6. The number of hydrogen-bond acceptors (Lipinski definition) is 5. The standard InChI is InChI=1S/C24H24N2O3S2/c1-13-4-8-16(9-5-13)25-18(27)12-26-23-22(31-24(26)28)20(17-3-2-10-29-17)19-14-6-7-15(11-14)21(19)30-23/h2-5,8-10,14-15,19-21H,6-7,11-12H2,1H3,(H,25,27)/t14-,15-,19-,20-,21+/m0/s1. The third kappa shape index (κ3) is 3.21. The fourth-order valence-electron chi connectivity index (χ4n) is 5.85. The van der Waals surface area contributed by atoms with E-state index in [0.29, 0.717) is 23.0 Å². The highest BCUT2D eigenvalue weighted by atomic mass is 32.2. The zero-order chi connectivity index (χ0) is 21.1. The highest BCUT2D eigenvalue weighted by Gasteiger charge is 2.55. The first-order valence-electron chi connectivity index (χ1n) is 10.9. The van der Waals surface area contributed by atoms with Crippen LogP contribution in [0, 0.1) is 24.7 Å². The smallest absolute Gasteiger partial charge is 0.308 e. The number of aryl methyl sites for hydroxylation is 1. The molecule has 3 aliphatic rings. The van der Waals surface area contributed by atoms with Gasteiger partial charge in [-0.1, -0.05) is 29.0 Å². The molecule has 1 N–H and O–H groups in total. The molecule has 3 heterocycles. The highest BCUT2D eigenvalue weighted by molar-refractivity contribution is 8.00. The van der Waals surface area contributed by atoms with E-state index in [2.05, 4.69) is 5.32 Å². The molecule has 7 heteroatoms. The van der Waals surface area contributed by atoms with Gasteiger partial charge in [-0.15, -0.1) is 11.8 Å². The van der Waals surface area contributed by atoms with Crippen molar-refractivity contribution in [2.75, 3.05) is 5.32 Å². The molecule has 5 nitrogen and oxygen atoms in total. The van der Waals surface area contributed by atoms with Gasteiger partial charge in [0.05, 0.1) is 22.1 Å². The molecule has 3 aromatic rings. The van der Waals surface area contributed by atoms with E-state index < -0.39 is 0 Å². The number of aromatic nitrogens is 1. The Morgan fingerprint density at radius 1 is 1.19 bits per heavy atom. The van der Waals surface area contributed by atoms with Gasteiger partial charge in [0.25, 0.3) is 0 Å². The maximum absolute atomic E-state index is 13.0. The lowest BCUT2D eigenvalue weighted by molar-refractivity contribution is -0.116. The van der Waals surface area contributed by atoms with Crippen molar-refractivity contribution in [2.24, 2.45) is 17.8 Å². The number of thioether (sulfide) groups is 1. The van der Waals surface area contributed by atoms with Crippen LogP contribution in [0.15, 0.2) is 56.9 Å². The van der Waals surface area contributed by atoms with Gasteiger partial charge in [-0.05, 0) is 68.2 Å². The molecule has 1 aromatic carbocycles. The quantitative estimate of drug-likeness (QED) is 0.598. The summed E-state index contributed by atoms with van der Waals surface area (Å²) in [4.78, 5) is 26.8. The summed E-state index contributed by atoms with van der Waals surface area (Å²) in [6.45, 7) is 2.06. The molecule has 2 aliphatic carbocycles. The first kappa shape index (κ1) is 19.4. The number of nitrogens with one attached hydrogen (secondary N) is 1. The second-order valence-corrected chi connectivity index (χ2v) is 11.2. The van der Waals surface area contributed by atoms with Gasteiger partial charge in [0.15, 0.2) is 0 Å². The molecule has 2 aromatic heterocycles. The molecule has 6 rings (SSSR count). The normalized spacial score (nSPS) is 28.4. The molecule has 0 unspecified atom stereocenters. The van der Waals surface area contributed by atoms with Crippen LogP contribution in [0.5, 0.6) is 0 Å². The summed E-state index contributed by atoms with van der Waals surface area (Å²) in [5.74, 6) is 2.86. The Morgan fingerprint density at radius 2 is 2.00 bits per heavy atom. The third-order valence-corrected chi connectivity index (χ3v) is 10.0. The van der Waals surface area contributed by atoms with Crippen molar-refractivity contribution < 1.29 is 9.21 Å². The molecule has 1 amide bonds. The number of fused-ring (bicyclic) bond motifs is 6. The van der Waals surface area contributed by atoms with E-state index in [1.165, 1.54) is 30.6 Å². The van der Waals surface area contributed by atoms with Gasteiger partial charge in [-0.25, -0.2) is 0 Å². The summed E-state index contributed by atoms with van der Waals surface area (Å²) < 4.78 is 7.56. The van der Waals surface area contributed by atoms with Crippen LogP contribution in [-0.2, 0) is 11.3 Å². The van der Waals surface area contributed by atoms with Gasteiger partial charge >= 0.3 is 4.87 Å². The predicted molar refractivity (Wildman–Crippen MR) is 123 cm³/mol. The lowest BCUT2D eigenvalue weighted by Gasteiger charge is -2.39. The monoisotopic (exact) mass is 452 g/mol. The number of carbonyl (C=O) groups is 1. The Bertz CT molecular complexity index is 1180. The van der Waals surface area contributed by atoms with E-state index >= 15 is 0 Å². The number of carbonyl (C=O) groups excluding carboxylic acids is 1. The van der Waals surface area contributed by atoms with Gasteiger partial charge in [-0.3, -0.25) is 14.2 Å². The Morgan fingerprint density at radius 3 is 2.77 bits per heavy atom. The third-order valence-electron chi connectivity index (χ3n) is 7.18. The molecule has 2 fully saturated rings. The summed E-state index contributed by atoms with van der Waals surface area (Å²) in [5.41, 5.74) is 1.89. The van der Waals surface area contributed by atoms with Crippen molar-refractivity contribution in [1.82, 2.24) is 4.57 Å². The highest BCUT2D eigenvalue weighted by Crippen LogP contribution is 2.64. The largest absolute Gasteiger partial charge is 0.469 e. The van der Waals surface area contributed by atoms with Crippen molar-refractivity contribution in [3.8, 4) is 0 Å². The maximum atomic E-state index is 13.0. The fraction of sp³-hybridized carbons (Fsp3) is 0.417. The number of nitrogens with zero attached hydrogens (tertiary/aromatic N) is 1. The van der Waals surface area contributed by atoms with Crippen molar-refractivity contribution in [1.29, 1.82) is 0 Å². The van der Waals surface area contributed by atoms with E-state index in [1.807, 2.05) is 55.1 Å². The fourth-order valence-corrected chi connectivity index (χ4v) is 8.99. The molecule has 0 saturated heterocycles. The zero-order valence-electron chi connectivity index (χ0n) is 17.2. The number of amides is 1. The molecule has 31 heavy (non-hydrogen) atoms. The topological polar surface area (TPSA) is 64.2 Å².